The Bertz CT molecular complexity index is 319. The highest BCUT2D eigenvalue weighted by molar-refractivity contribution is 5.31. The average molecular weight is 220 g/mol. The fourth-order valence-electron chi connectivity index (χ4n) is 2.37. The molecule has 0 aromatic carbocycles. The van der Waals surface area contributed by atoms with Gasteiger partial charge in [0, 0.05) is 18.2 Å². The zero-order valence-electron chi connectivity index (χ0n) is 9.65. The van der Waals surface area contributed by atoms with Crippen LogP contribution in [0.15, 0.2) is 12.3 Å². The van der Waals surface area contributed by atoms with Crippen LogP contribution in [-0.2, 0) is 0 Å². The van der Waals surface area contributed by atoms with Gasteiger partial charge in [-0.15, -0.1) is 0 Å². The molecule has 1 fully saturated rings. The topological polar surface area (TPSA) is 63.8 Å². The standard InChI is InChI=1S/C12H20N4/c13-16-11-8-9-14-12(15-11)10-6-4-2-1-3-5-7-10/h8-10H,1-7,13H2,(H,14,15,16). The third-order valence-corrected chi connectivity index (χ3v) is 3.29. The molecule has 4 heteroatoms. The molecule has 1 aliphatic rings. The molecule has 4 nitrogen and oxygen atoms in total. The lowest BCUT2D eigenvalue weighted by Gasteiger charge is -2.18. The van der Waals surface area contributed by atoms with Crippen LogP contribution in [0.25, 0.3) is 0 Å². The Morgan fingerprint density at radius 2 is 1.81 bits per heavy atom. The van der Waals surface area contributed by atoms with Gasteiger partial charge in [0.25, 0.3) is 0 Å². The van der Waals surface area contributed by atoms with Gasteiger partial charge >= 0.3 is 0 Å². The molecule has 1 heterocycles. The third-order valence-electron chi connectivity index (χ3n) is 3.29. The molecule has 0 amide bonds. The molecule has 0 radical (unpaired) electrons. The lowest BCUT2D eigenvalue weighted by Crippen LogP contribution is -2.12. The van der Waals surface area contributed by atoms with Gasteiger partial charge in [-0.25, -0.2) is 15.8 Å². The monoisotopic (exact) mass is 220 g/mol. The van der Waals surface area contributed by atoms with E-state index in [1.807, 2.05) is 0 Å². The molecule has 16 heavy (non-hydrogen) atoms. The predicted octanol–water partition coefficient (Wildman–Crippen LogP) is 2.59. The van der Waals surface area contributed by atoms with E-state index in [0.717, 1.165) is 5.82 Å². The number of hydrazine groups is 1. The lowest BCUT2D eigenvalue weighted by molar-refractivity contribution is 0.442. The number of nitrogens with zero attached hydrogens (tertiary/aromatic N) is 2. The Morgan fingerprint density at radius 1 is 1.12 bits per heavy atom. The summed E-state index contributed by atoms with van der Waals surface area (Å²) in [7, 11) is 0. The maximum atomic E-state index is 5.36. The number of nitrogens with two attached hydrogens (primary N) is 1. The first-order valence-corrected chi connectivity index (χ1v) is 6.19. The number of nitrogens with one attached hydrogen (secondary N) is 1. The molecular formula is C12H20N4. The average Bonchev–Trinajstić information content (AvgIpc) is 2.29. The fourth-order valence-corrected chi connectivity index (χ4v) is 2.37. The number of hydrogen-bond acceptors (Lipinski definition) is 4. The fraction of sp³-hybridized carbons (Fsp3) is 0.667. The zero-order valence-corrected chi connectivity index (χ0v) is 9.65. The molecule has 1 aliphatic carbocycles. The molecule has 0 atom stereocenters. The highest BCUT2D eigenvalue weighted by Crippen LogP contribution is 2.28. The highest BCUT2D eigenvalue weighted by Gasteiger charge is 2.16. The van der Waals surface area contributed by atoms with Gasteiger partial charge in [-0.3, -0.25) is 0 Å². The van der Waals surface area contributed by atoms with Crippen molar-refractivity contribution < 1.29 is 0 Å². The van der Waals surface area contributed by atoms with Gasteiger partial charge in [0.05, 0.1) is 0 Å². The highest BCUT2D eigenvalue weighted by atomic mass is 15.3. The summed E-state index contributed by atoms with van der Waals surface area (Å²) in [4.78, 5) is 8.82. The quantitative estimate of drug-likeness (QED) is 0.594. The molecular weight excluding hydrogens is 200 g/mol. The van der Waals surface area contributed by atoms with Crippen molar-refractivity contribution in [2.45, 2.75) is 50.9 Å². The van der Waals surface area contributed by atoms with E-state index in [2.05, 4.69) is 15.4 Å². The Labute approximate surface area is 96.6 Å². The summed E-state index contributed by atoms with van der Waals surface area (Å²) in [5, 5.41) is 0. The minimum absolute atomic E-state index is 0.522. The van der Waals surface area contributed by atoms with Gasteiger partial charge in [-0.2, -0.15) is 0 Å². The lowest BCUT2D eigenvalue weighted by atomic mass is 9.90. The van der Waals surface area contributed by atoms with Crippen molar-refractivity contribution in [1.82, 2.24) is 9.97 Å². The number of rotatable bonds is 2. The third kappa shape index (κ3) is 2.92. The van der Waals surface area contributed by atoms with Crippen LogP contribution < -0.4 is 11.3 Å². The van der Waals surface area contributed by atoms with Crippen molar-refractivity contribution in [3.63, 3.8) is 0 Å². The van der Waals surface area contributed by atoms with Crippen LogP contribution in [0.3, 0.4) is 0 Å². The second kappa shape index (κ2) is 5.80. The van der Waals surface area contributed by atoms with Crippen LogP contribution in [0, 0.1) is 0 Å². The molecule has 2 rings (SSSR count). The Hall–Kier alpha value is -1.16. The number of hydrogen-bond donors (Lipinski definition) is 2. The molecule has 0 saturated heterocycles. The van der Waals surface area contributed by atoms with Crippen molar-refractivity contribution in [3.05, 3.63) is 18.1 Å². The normalized spacial score (nSPS) is 18.8. The van der Waals surface area contributed by atoms with Gasteiger partial charge in [0.1, 0.15) is 11.6 Å². The Balaban J connectivity index is 2.07. The van der Waals surface area contributed by atoms with Crippen LogP contribution in [0.2, 0.25) is 0 Å². The van der Waals surface area contributed by atoms with Crippen LogP contribution in [0.4, 0.5) is 5.82 Å². The summed E-state index contributed by atoms with van der Waals surface area (Å²) >= 11 is 0. The predicted molar refractivity (Wildman–Crippen MR) is 64.9 cm³/mol. The van der Waals surface area contributed by atoms with E-state index >= 15 is 0 Å². The molecule has 88 valence electrons. The molecule has 0 bridgehead atoms. The van der Waals surface area contributed by atoms with Crippen LogP contribution in [0.1, 0.15) is 56.7 Å². The summed E-state index contributed by atoms with van der Waals surface area (Å²) in [6.07, 6.45) is 10.9. The van der Waals surface area contributed by atoms with Gasteiger partial charge in [0.15, 0.2) is 0 Å². The van der Waals surface area contributed by atoms with Gasteiger partial charge in [0.2, 0.25) is 0 Å². The summed E-state index contributed by atoms with van der Waals surface area (Å²) in [6.45, 7) is 0. The van der Waals surface area contributed by atoms with E-state index in [1.165, 1.54) is 44.9 Å². The van der Waals surface area contributed by atoms with E-state index in [-0.39, 0.29) is 0 Å². The number of nitrogen functional groups attached to an aromatic ring is 1. The summed E-state index contributed by atoms with van der Waals surface area (Å²) in [5.74, 6) is 7.56. The molecule has 1 aromatic rings. The van der Waals surface area contributed by atoms with Gasteiger partial charge < -0.3 is 5.43 Å². The molecule has 0 unspecified atom stereocenters. The summed E-state index contributed by atoms with van der Waals surface area (Å²) in [6, 6.07) is 1.80. The Kier molecular flexibility index (Phi) is 4.10. The van der Waals surface area contributed by atoms with Crippen LogP contribution >= 0.6 is 0 Å². The largest absolute Gasteiger partial charge is 0.308 e. The summed E-state index contributed by atoms with van der Waals surface area (Å²) < 4.78 is 0. The molecule has 0 spiro atoms. The first-order chi connectivity index (χ1) is 7.90. The first kappa shape index (κ1) is 11.3. The maximum Gasteiger partial charge on any atom is 0.143 e. The van der Waals surface area contributed by atoms with E-state index in [4.69, 9.17) is 5.84 Å². The van der Waals surface area contributed by atoms with Crippen molar-refractivity contribution >= 4 is 5.82 Å². The van der Waals surface area contributed by atoms with Gasteiger partial charge in [-0.05, 0) is 12.8 Å². The molecule has 1 saturated carbocycles. The minimum atomic E-state index is 0.522. The van der Waals surface area contributed by atoms with E-state index in [9.17, 15) is 0 Å². The smallest absolute Gasteiger partial charge is 0.143 e. The van der Waals surface area contributed by atoms with Crippen LogP contribution in [0.5, 0.6) is 0 Å². The second-order valence-electron chi connectivity index (χ2n) is 4.49. The maximum absolute atomic E-state index is 5.36. The van der Waals surface area contributed by atoms with Crippen LogP contribution in [-0.4, -0.2) is 9.97 Å². The molecule has 3 N–H and O–H groups in total. The van der Waals surface area contributed by atoms with Crippen molar-refractivity contribution in [2.24, 2.45) is 5.84 Å². The Morgan fingerprint density at radius 3 is 2.50 bits per heavy atom. The molecule has 1 aromatic heterocycles. The number of anilines is 1. The second-order valence-corrected chi connectivity index (χ2v) is 4.49. The number of aromatic nitrogens is 2. The van der Waals surface area contributed by atoms with E-state index < -0.39 is 0 Å². The zero-order chi connectivity index (χ0) is 11.2. The van der Waals surface area contributed by atoms with E-state index in [1.54, 1.807) is 12.3 Å². The minimum Gasteiger partial charge on any atom is -0.308 e. The van der Waals surface area contributed by atoms with Crippen molar-refractivity contribution in [3.8, 4) is 0 Å². The SMILES string of the molecule is NNc1ccnc(C2CCCCCCC2)n1. The molecule has 0 aliphatic heterocycles. The van der Waals surface area contributed by atoms with Crippen molar-refractivity contribution in [1.29, 1.82) is 0 Å². The van der Waals surface area contributed by atoms with E-state index in [0.29, 0.717) is 11.7 Å². The van der Waals surface area contributed by atoms with Gasteiger partial charge in [-0.1, -0.05) is 32.1 Å². The summed E-state index contributed by atoms with van der Waals surface area (Å²) in [5.41, 5.74) is 2.58. The van der Waals surface area contributed by atoms with Crippen molar-refractivity contribution in [2.75, 3.05) is 5.43 Å². The first-order valence-electron chi connectivity index (χ1n) is 6.19.